The van der Waals surface area contributed by atoms with Gasteiger partial charge in [0.05, 0.1) is 6.61 Å². The molecule has 0 radical (unpaired) electrons. The van der Waals surface area contributed by atoms with Gasteiger partial charge in [-0.3, -0.25) is 14.4 Å². The smallest absolute Gasteiger partial charge is 0.253 e. The Labute approximate surface area is 175 Å². The fraction of sp³-hybridized carbons (Fsp3) is 0.591. The van der Waals surface area contributed by atoms with Crippen molar-refractivity contribution in [3.8, 4) is 0 Å². The zero-order valence-electron chi connectivity index (χ0n) is 17.2. The zero-order valence-corrected chi connectivity index (χ0v) is 17.2. The normalized spacial score (nSPS) is 28.1. The average Bonchev–Trinajstić information content (AvgIpc) is 2.74. The Morgan fingerprint density at radius 2 is 1.93 bits per heavy atom. The summed E-state index contributed by atoms with van der Waals surface area (Å²) in [6.07, 6.45) is 2.95. The Balaban J connectivity index is 1.57. The van der Waals surface area contributed by atoms with Crippen molar-refractivity contribution in [3.63, 3.8) is 0 Å². The molecule has 0 aromatic heterocycles. The van der Waals surface area contributed by atoms with Crippen LogP contribution in [0.2, 0.25) is 0 Å². The minimum absolute atomic E-state index is 0.0236. The van der Waals surface area contributed by atoms with E-state index in [1.54, 1.807) is 12.0 Å². The molecule has 0 unspecified atom stereocenters. The van der Waals surface area contributed by atoms with Crippen molar-refractivity contribution in [2.24, 2.45) is 11.8 Å². The summed E-state index contributed by atoms with van der Waals surface area (Å²) >= 11 is 0. The van der Waals surface area contributed by atoms with E-state index in [0.29, 0.717) is 38.2 Å². The van der Waals surface area contributed by atoms with Gasteiger partial charge in [0.15, 0.2) is 0 Å². The van der Waals surface area contributed by atoms with Crippen molar-refractivity contribution in [1.29, 1.82) is 0 Å². The Hall–Kier alpha value is -2.48. The van der Waals surface area contributed by atoms with Crippen LogP contribution in [0.1, 0.15) is 36.0 Å². The highest BCUT2D eigenvalue weighted by Gasteiger charge is 2.52. The third-order valence-electron chi connectivity index (χ3n) is 6.59. The Morgan fingerprint density at radius 1 is 1.20 bits per heavy atom. The molecule has 8 heteroatoms. The topological polar surface area (TPSA) is 79.0 Å². The van der Waals surface area contributed by atoms with E-state index >= 15 is 0 Å². The summed E-state index contributed by atoms with van der Waals surface area (Å²) in [6, 6.07) is 4.96. The van der Waals surface area contributed by atoms with Gasteiger partial charge in [-0.15, -0.1) is 0 Å². The van der Waals surface area contributed by atoms with Crippen molar-refractivity contribution in [3.05, 3.63) is 35.6 Å². The number of halogens is 1. The van der Waals surface area contributed by atoms with E-state index in [4.69, 9.17) is 4.74 Å². The van der Waals surface area contributed by atoms with E-state index in [2.05, 4.69) is 5.32 Å². The first kappa shape index (κ1) is 20.8. The number of hydrogen-bond donors (Lipinski definition) is 1. The highest BCUT2D eigenvalue weighted by molar-refractivity contribution is 5.94. The molecule has 1 aromatic rings. The molecule has 3 amide bonds. The summed E-state index contributed by atoms with van der Waals surface area (Å²) in [6.45, 7) is 1.75. The molecule has 3 saturated heterocycles. The number of methoxy groups -OCH3 is 1. The maximum atomic E-state index is 13.3. The van der Waals surface area contributed by atoms with Gasteiger partial charge in [-0.1, -0.05) is 0 Å². The summed E-state index contributed by atoms with van der Waals surface area (Å²) in [4.78, 5) is 42.5. The second kappa shape index (κ2) is 8.71. The highest BCUT2D eigenvalue weighted by atomic mass is 19.1. The lowest BCUT2D eigenvalue weighted by molar-refractivity contribution is -0.159. The molecule has 0 spiro atoms. The van der Waals surface area contributed by atoms with Gasteiger partial charge in [-0.25, -0.2) is 4.39 Å². The van der Waals surface area contributed by atoms with E-state index in [-0.39, 0.29) is 41.4 Å². The number of carbonyl (C=O) groups is 3. The molecule has 3 aliphatic rings. The number of benzene rings is 1. The summed E-state index contributed by atoms with van der Waals surface area (Å²) in [5, 5.41) is 2.89. The van der Waals surface area contributed by atoms with E-state index in [1.165, 1.54) is 24.3 Å². The van der Waals surface area contributed by atoms with Crippen molar-refractivity contribution < 1.29 is 23.5 Å². The fourth-order valence-electron chi connectivity index (χ4n) is 5.32. The Kier molecular flexibility index (Phi) is 6.04. The molecule has 3 heterocycles. The predicted molar refractivity (Wildman–Crippen MR) is 107 cm³/mol. The van der Waals surface area contributed by atoms with Crippen LogP contribution >= 0.6 is 0 Å². The maximum Gasteiger partial charge on any atom is 0.253 e. The van der Waals surface area contributed by atoms with Gasteiger partial charge in [0.1, 0.15) is 11.9 Å². The van der Waals surface area contributed by atoms with Crippen LogP contribution in [0.3, 0.4) is 0 Å². The minimum atomic E-state index is -0.570. The number of nitrogens with one attached hydrogen (secondary N) is 1. The Morgan fingerprint density at radius 3 is 2.67 bits per heavy atom. The number of fused-ring (bicyclic) bond motifs is 4. The predicted octanol–water partition coefficient (Wildman–Crippen LogP) is 1.43. The molecule has 162 valence electrons. The average molecular weight is 417 g/mol. The van der Waals surface area contributed by atoms with Crippen LogP contribution in [-0.4, -0.2) is 73.0 Å². The molecule has 1 aromatic carbocycles. The molecule has 4 rings (SSSR count). The lowest BCUT2D eigenvalue weighted by Gasteiger charge is -2.55. The van der Waals surface area contributed by atoms with Gasteiger partial charge >= 0.3 is 0 Å². The summed E-state index contributed by atoms with van der Waals surface area (Å²) in [5.41, 5.74) is 0.439. The molecule has 2 bridgehead atoms. The molecule has 1 N–H and O–H groups in total. The fourth-order valence-corrected chi connectivity index (χ4v) is 5.32. The van der Waals surface area contributed by atoms with E-state index in [0.717, 1.165) is 19.3 Å². The lowest BCUT2D eigenvalue weighted by Crippen LogP contribution is -2.68. The summed E-state index contributed by atoms with van der Waals surface area (Å²) in [5.74, 6) is -0.641. The third kappa shape index (κ3) is 3.93. The van der Waals surface area contributed by atoms with Gasteiger partial charge in [0.25, 0.3) is 5.91 Å². The number of rotatable bonds is 5. The highest BCUT2D eigenvalue weighted by Crippen LogP contribution is 2.42. The van der Waals surface area contributed by atoms with Crippen LogP contribution in [-0.2, 0) is 14.3 Å². The minimum Gasteiger partial charge on any atom is -0.383 e. The van der Waals surface area contributed by atoms with E-state index in [1.807, 2.05) is 4.90 Å². The number of hydrogen-bond acceptors (Lipinski definition) is 4. The first-order valence-electron chi connectivity index (χ1n) is 10.6. The summed E-state index contributed by atoms with van der Waals surface area (Å²) < 4.78 is 18.3. The molecule has 3 aliphatic heterocycles. The van der Waals surface area contributed by atoms with Gasteiger partial charge in [0, 0.05) is 50.7 Å². The maximum absolute atomic E-state index is 13.3. The van der Waals surface area contributed by atoms with Crippen molar-refractivity contribution >= 4 is 17.7 Å². The molecule has 30 heavy (non-hydrogen) atoms. The zero-order chi connectivity index (χ0) is 21.3. The second-order valence-corrected chi connectivity index (χ2v) is 8.46. The van der Waals surface area contributed by atoms with Crippen LogP contribution < -0.4 is 5.32 Å². The molecule has 7 nitrogen and oxygen atoms in total. The number of nitrogens with zero attached hydrogens (tertiary/aromatic N) is 2. The van der Waals surface area contributed by atoms with Gasteiger partial charge in [-0.05, 0) is 49.4 Å². The van der Waals surface area contributed by atoms with Crippen molar-refractivity contribution in [2.75, 3.05) is 33.4 Å². The van der Waals surface area contributed by atoms with E-state index in [9.17, 15) is 18.8 Å². The van der Waals surface area contributed by atoms with Crippen molar-refractivity contribution in [1.82, 2.24) is 15.1 Å². The van der Waals surface area contributed by atoms with Crippen LogP contribution in [0.4, 0.5) is 4.39 Å². The van der Waals surface area contributed by atoms with Crippen LogP contribution in [0, 0.1) is 17.7 Å². The molecular weight excluding hydrogens is 389 g/mol. The standard InChI is InChI=1S/C22H28FN3O4/c1-30-10-9-24-21(28)20-16-11-15(18-3-2-4-19(27)26(18)20)12-25(13-16)22(29)14-5-7-17(23)8-6-14/h5-8,15-16,18,20H,2-4,9-13H2,1H3,(H,24,28)/t15-,16+,18+,20-/m1/s1. The summed E-state index contributed by atoms with van der Waals surface area (Å²) in [7, 11) is 1.57. The molecule has 0 saturated carbocycles. The van der Waals surface area contributed by atoms with Crippen LogP contribution in [0.15, 0.2) is 24.3 Å². The van der Waals surface area contributed by atoms with Crippen LogP contribution in [0.25, 0.3) is 0 Å². The molecular formula is C22H28FN3O4. The van der Waals surface area contributed by atoms with Gasteiger partial charge < -0.3 is 19.9 Å². The van der Waals surface area contributed by atoms with Crippen molar-refractivity contribution in [2.45, 2.75) is 37.8 Å². The lowest BCUT2D eigenvalue weighted by atomic mass is 9.71. The number of ether oxygens (including phenoxy) is 1. The molecule has 4 atom stereocenters. The first-order chi connectivity index (χ1) is 14.5. The Bertz CT molecular complexity index is 815. The monoisotopic (exact) mass is 417 g/mol. The third-order valence-corrected chi connectivity index (χ3v) is 6.59. The number of likely N-dealkylation sites (tertiary alicyclic amines) is 1. The van der Waals surface area contributed by atoms with Crippen LogP contribution in [0.5, 0.6) is 0 Å². The number of carbonyl (C=O) groups excluding carboxylic acids is 3. The quantitative estimate of drug-likeness (QED) is 0.736. The largest absolute Gasteiger partial charge is 0.383 e. The van der Waals surface area contributed by atoms with E-state index < -0.39 is 6.04 Å². The number of piperidine rings is 3. The second-order valence-electron chi connectivity index (χ2n) is 8.46. The first-order valence-corrected chi connectivity index (χ1v) is 10.6. The molecule has 0 aliphatic carbocycles. The van der Waals surface area contributed by atoms with Gasteiger partial charge in [-0.2, -0.15) is 0 Å². The SMILES string of the molecule is COCCNC(=O)[C@H]1[C@H]2C[C@H](CN(C(=O)c3ccc(F)cc3)C2)[C@@H]2CCCC(=O)N21. The number of amides is 3. The van der Waals surface area contributed by atoms with Gasteiger partial charge in [0.2, 0.25) is 11.8 Å². The molecule has 3 fully saturated rings.